The van der Waals surface area contributed by atoms with E-state index in [0.29, 0.717) is 18.9 Å². The van der Waals surface area contributed by atoms with Crippen LogP contribution in [0.4, 0.5) is 0 Å². The number of hydrogen-bond donors (Lipinski definition) is 2. The number of nitrogens with two attached hydrogens (primary N) is 1. The zero-order valence-corrected chi connectivity index (χ0v) is 13.8. The Kier molecular flexibility index (Phi) is 6.89. The third-order valence-electron chi connectivity index (χ3n) is 3.36. The first-order valence-electron chi connectivity index (χ1n) is 7.64. The molecule has 0 saturated carbocycles. The lowest BCUT2D eigenvalue weighted by Crippen LogP contribution is -2.37. The summed E-state index contributed by atoms with van der Waals surface area (Å²) in [6.45, 7) is 8.31. The zero-order valence-electron chi connectivity index (χ0n) is 13.8. The molecule has 2 amide bonds. The maximum absolute atomic E-state index is 12.0. The summed E-state index contributed by atoms with van der Waals surface area (Å²) in [6, 6.07) is 6.02. The monoisotopic (exact) mass is 306 g/mol. The van der Waals surface area contributed by atoms with Gasteiger partial charge in [0.1, 0.15) is 5.75 Å². The zero-order chi connectivity index (χ0) is 16.7. The fourth-order valence-electron chi connectivity index (χ4n) is 2.08. The third-order valence-corrected chi connectivity index (χ3v) is 3.36. The van der Waals surface area contributed by atoms with Gasteiger partial charge in [-0.1, -0.05) is 26.0 Å². The number of ether oxygens (including phenoxy) is 1. The van der Waals surface area contributed by atoms with Crippen molar-refractivity contribution in [3.8, 4) is 5.75 Å². The van der Waals surface area contributed by atoms with Crippen LogP contribution in [0.25, 0.3) is 0 Å². The molecule has 0 bridgehead atoms. The number of rotatable bonds is 8. The Morgan fingerprint density at radius 3 is 2.55 bits per heavy atom. The Morgan fingerprint density at radius 2 is 1.95 bits per heavy atom. The Bertz CT molecular complexity index is 527. The van der Waals surface area contributed by atoms with Crippen molar-refractivity contribution in [2.75, 3.05) is 6.54 Å². The molecule has 22 heavy (non-hydrogen) atoms. The molecule has 1 rings (SSSR count). The average molecular weight is 306 g/mol. The number of hydrogen-bond acceptors (Lipinski definition) is 3. The van der Waals surface area contributed by atoms with Crippen LogP contribution in [0.1, 0.15) is 50.7 Å². The fourth-order valence-corrected chi connectivity index (χ4v) is 2.08. The first-order chi connectivity index (χ1) is 10.3. The number of carbonyl (C=O) groups is 2. The van der Waals surface area contributed by atoms with E-state index in [2.05, 4.69) is 19.2 Å². The van der Waals surface area contributed by atoms with Gasteiger partial charge in [-0.3, -0.25) is 9.59 Å². The van der Waals surface area contributed by atoms with Crippen LogP contribution in [0, 0.1) is 6.92 Å². The second-order valence-corrected chi connectivity index (χ2v) is 5.82. The van der Waals surface area contributed by atoms with Crippen molar-refractivity contribution in [2.24, 2.45) is 5.73 Å². The molecule has 1 aromatic rings. The van der Waals surface area contributed by atoms with Gasteiger partial charge in [-0.05, 0) is 43.4 Å². The number of amides is 2. The van der Waals surface area contributed by atoms with Crippen molar-refractivity contribution in [3.63, 3.8) is 0 Å². The van der Waals surface area contributed by atoms with Crippen LogP contribution in [0.2, 0.25) is 0 Å². The summed E-state index contributed by atoms with van der Waals surface area (Å²) in [5.74, 6) is 0.511. The van der Waals surface area contributed by atoms with E-state index in [1.165, 1.54) is 0 Å². The molecule has 5 nitrogen and oxygen atoms in total. The highest BCUT2D eigenvalue weighted by atomic mass is 16.5. The highest BCUT2D eigenvalue weighted by Gasteiger charge is 2.17. The molecule has 0 aliphatic heterocycles. The number of nitrogens with one attached hydrogen (secondary N) is 1. The maximum Gasteiger partial charge on any atom is 0.260 e. The van der Waals surface area contributed by atoms with Crippen LogP contribution in [-0.4, -0.2) is 24.5 Å². The van der Waals surface area contributed by atoms with Gasteiger partial charge in [0.05, 0.1) is 0 Å². The third kappa shape index (κ3) is 5.76. The smallest absolute Gasteiger partial charge is 0.260 e. The summed E-state index contributed by atoms with van der Waals surface area (Å²) in [5.41, 5.74) is 7.23. The van der Waals surface area contributed by atoms with E-state index in [9.17, 15) is 9.59 Å². The average Bonchev–Trinajstić information content (AvgIpc) is 2.42. The molecule has 0 saturated heterocycles. The Labute approximate surface area is 132 Å². The normalized spacial score (nSPS) is 12.0. The van der Waals surface area contributed by atoms with Gasteiger partial charge in [0, 0.05) is 13.0 Å². The van der Waals surface area contributed by atoms with Crippen molar-refractivity contribution in [1.82, 2.24) is 5.32 Å². The minimum atomic E-state index is -0.590. The van der Waals surface area contributed by atoms with Crippen LogP contribution >= 0.6 is 0 Å². The SMILES string of the molecule is Cc1ccc(C(C)C)c(O[C@H](C)C(=O)NCCCC(N)=O)c1. The van der Waals surface area contributed by atoms with E-state index in [4.69, 9.17) is 10.5 Å². The van der Waals surface area contributed by atoms with Crippen LogP contribution in [0.5, 0.6) is 5.75 Å². The Hall–Kier alpha value is -2.04. The van der Waals surface area contributed by atoms with E-state index in [1.54, 1.807) is 6.92 Å². The van der Waals surface area contributed by atoms with Crippen molar-refractivity contribution < 1.29 is 14.3 Å². The van der Waals surface area contributed by atoms with Crippen LogP contribution in [0.15, 0.2) is 18.2 Å². The van der Waals surface area contributed by atoms with Crippen LogP contribution in [-0.2, 0) is 9.59 Å². The summed E-state index contributed by atoms with van der Waals surface area (Å²) in [7, 11) is 0. The molecule has 1 atom stereocenters. The summed E-state index contributed by atoms with van der Waals surface area (Å²) in [6.07, 6.45) is 0.216. The summed E-state index contributed by atoms with van der Waals surface area (Å²) < 4.78 is 5.82. The predicted octanol–water partition coefficient (Wildman–Crippen LogP) is 2.27. The molecular formula is C17H26N2O3. The fraction of sp³-hybridized carbons (Fsp3) is 0.529. The molecular weight excluding hydrogens is 280 g/mol. The number of aryl methyl sites for hydroxylation is 1. The topological polar surface area (TPSA) is 81.4 Å². The van der Waals surface area contributed by atoms with Crippen molar-refractivity contribution in [2.45, 2.75) is 52.6 Å². The second-order valence-electron chi connectivity index (χ2n) is 5.82. The number of carbonyl (C=O) groups excluding carboxylic acids is 2. The molecule has 0 radical (unpaired) electrons. The lowest BCUT2D eigenvalue weighted by molar-refractivity contribution is -0.127. The summed E-state index contributed by atoms with van der Waals surface area (Å²) in [4.78, 5) is 22.6. The predicted molar refractivity (Wildman–Crippen MR) is 86.8 cm³/mol. The van der Waals surface area contributed by atoms with E-state index >= 15 is 0 Å². The quantitative estimate of drug-likeness (QED) is 0.723. The van der Waals surface area contributed by atoms with Gasteiger partial charge in [0.15, 0.2) is 6.10 Å². The van der Waals surface area contributed by atoms with Gasteiger partial charge in [-0.15, -0.1) is 0 Å². The largest absolute Gasteiger partial charge is 0.481 e. The van der Waals surface area contributed by atoms with Crippen molar-refractivity contribution >= 4 is 11.8 Å². The van der Waals surface area contributed by atoms with Gasteiger partial charge < -0.3 is 15.8 Å². The molecule has 3 N–H and O–H groups in total. The first-order valence-corrected chi connectivity index (χ1v) is 7.64. The maximum atomic E-state index is 12.0. The highest BCUT2D eigenvalue weighted by Crippen LogP contribution is 2.28. The van der Waals surface area contributed by atoms with E-state index in [-0.39, 0.29) is 18.2 Å². The lowest BCUT2D eigenvalue weighted by atomic mass is 10.0. The van der Waals surface area contributed by atoms with E-state index in [1.807, 2.05) is 25.1 Å². The number of primary amides is 1. The minimum Gasteiger partial charge on any atom is -0.481 e. The van der Waals surface area contributed by atoms with E-state index < -0.39 is 6.10 Å². The molecule has 0 fully saturated rings. The molecule has 0 spiro atoms. The molecule has 1 aromatic carbocycles. The summed E-state index contributed by atoms with van der Waals surface area (Å²) in [5, 5.41) is 2.75. The van der Waals surface area contributed by atoms with Crippen molar-refractivity contribution in [1.29, 1.82) is 0 Å². The molecule has 0 heterocycles. The molecule has 122 valence electrons. The minimum absolute atomic E-state index is 0.194. The van der Waals surface area contributed by atoms with Gasteiger partial charge in [0.2, 0.25) is 5.91 Å². The Balaban J connectivity index is 2.60. The second kappa shape index (κ2) is 8.41. The van der Waals surface area contributed by atoms with Gasteiger partial charge in [-0.2, -0.15) is 0 Å². The highest BCUT2D eigenvalue weighted by molar-refractivity contribution is 5.80. The van der Waals surface area contributed by atoms with Gasteiger partial charge in [-0.25, -0.2) is 0 Å². The molecule has 0 aliphatic carbocycles. The van der Waals surface area contributed by atoms with E-state index in [0.717, 1.165) is 16.9 Å². The van der Waals surface area contributed by atoms with Gasteiger partial charge >= 0.3 is 0 Å². The van der Waals surface area contributed by atoms with Crippen molar-refractivity contribution in [3.05, 3.63) is 29.3 Å². The molecule has 0 unspecified atom stereocenters. The van der Waals surface area contributed by atoms with Crippen LogP contribution in [0.3, 0.4) is 0 Å². The van der Waals surface area contributed by atoms with Gasteiger partial charge in [0.25, 0.3) is 5.91 Å². The summed E-state index contributed by atoms with van der Waals surface area (Å²) >= 11 is 0. The number of benzene rings is 1. The standard InChI is InChI=1S/C17H26N2O3/c1-11(2)14-8-7-12(3)10-15(14)22-13(4)17(21)19-9-5-6-16(18)20/h7-8,10-11,13H,5-6,9H2,1-4H3,(H2,18,20)(H,19,21)/t13-/m1/s1. The molecule has 0 aromatic heterocycles. The molecule has 0 aliphatic rings. The molecule has 5 heteroatoms. The Morgan fingerprint density at radius 1 is 1.27 bits per heavy atom. The lowest BCUT2D eigenvalue weighted by Gasteiger charge is -2.19. The first kappa shape index (κ1) is 18.0. The van der Waals surface area contributed by atoms with Crippen LogP contribution < -0.4 is 15.8 Å².